The van der Waals surface area contributed by atoms with Crippen LogP contribution in [-0.2, 0) is 14.8 Å². The highest BCUT2D eigenvalue weighted by atomic mass is 32.2. The number of ketones is 1. The zero-order valence-corrected chi connectivity index (χ0v) is 23.9. The molecule has 3 atom stereocenters. The Morgan fingerprint density at radius 3 is 2.33 bits per heavy atom. The lowest BCUT2D eigenvalue weighted by Gasteiger charge is -2.30. The number of thiophene rings is 1. The first kappa shape index (κ1) is 25.3. The second kappa shape index (κ2) is 9.52. The molecular formula is C29H33NO3S2Si. The summed E-state index contributed by atoms with van der Waals surface area (Å²) in [6, 6.07) is 19.7. The van der Waals surface area contributed by atoms with Gasteiger partial charge < -0.3 is 0 Å². The smallest absolute Gasteiger partial charge is 0.243 e. The number of aryl methyl sites for hydroxylation is 1. The van der Waals surface area contributed by atoms with Crippen LogP contribution in [0.3, 0.4) is 0 Å². The van der Waals surface area contributed by atoms with Crippen molar-refractivity contribution in [1.82, 2.24) is 4.31 Å². The Kier molecular flexibility index (Phi) is 6.70. The maximum atomic E-state index is 13.9. The molecule has 0 radical (unpaired) electrons. The highest BCUT2D eigenvalue weighted by Crippen LogP contribution is 2.49. The van der Waals surface area contributed by atoms with E-state index in [0.717, 1.165) is 11.1 Å². The fourth-order valence-corrected chi connectivity index (χ4v) is 11.5. The maximum Gasteiger partial charge on any atom is 0.243 e. The summed E-state index contributed by atoms with van der Waals surface area (Å²) >= 11 is 1.59. The molecule has 4 nitrogen and oxygen atoms in total. The molecule has 0 bridgehead atoms. The number of hydrogen-bond acceptors (Lipinski definition) is 4. The summed E-state index contributed by atoms with van der Waals surface area (Å²) in [5.41, 5.74) is 3.25. The van der Waals surface area contributed by atoms with Gasteiger partial charge in [-0.3, -0.25) is 4.79 Å². The molecule has 1 aliphatic carbocycles. The molecule has 1 saturated carbocycles. The van der Waals surface area contributed by atoms with Crippen molar-refractivity contribution in [2.45, 2.75) is 44.2 Å². The van der Waals surface area contributed by atoms with Crippen LogP contribution in [0, 0.1) is 18.8 Å². The molecule has 2 aliphatic rings. The van der Waals surface area contributed by atoms with Crippen LogP contribution in [-0.4, -0.2) is 39.7 Å². The van der Waals surface area contributed by atoms with Crippen molar-refractivity contribution >= 4 is 40.4 Å². The highest BCUT2D eigenvalue weighted by Gasteiger charge is 2.50. The lowest BCUT2D eigenvalue weighted by atomic mass is 9.88. The number of Topliss-reactive ketones (excluding diaryl/α,β-unsaturated/α-hetero) is 1. The van der Waals surface area contributed by atoms with Gasteiger partial charge in [0.15, 0.2) is 0 Å². The molecule has 2 heterocycles. The molecule has 2 aromatic carbocycles. The van der Waals surface area contributed by atoms with Crippen LogP contribution >= 0.6 is 11.3 Å². The maximum absolute atomic E-state index is 13.9. The molecular weight excluding hydrogens is 503 g/mol. The highest BCUT2D eigenvalue weighted by molar-refractivity contribution is 7.89. The summed E-state index contributed by atoms with van der Waals surface area (Å²) in [7, 11) is -5.84. The summed E-state index contributed by atoms with van der Waals surface area (Å²) < 4.78 is 29.4. The third kappa shape index (κ3) is 4.26. The van der Waals surface area contributed by atoms with Crippen LogP contribution in [0.2, 0.25) is 13.1 Å². The quantitative estimate of drug-likeness (QED) is 0.404. The van der Waals surface area contributed by atoms with Gasteiger partial charge in [-0.2, -0.15) is 15.6 Å². The van der Waals surface area contributed by atoms with Crippen molar-refractivity contribution in [2.75, 3.05) is 13.1 Å². The Balaban J connectivity index is 1.65. The molecule has 36 heavy (non-hydrogen) atoms. The second-order valence-electron chi connectivity index (χ2n) is 10.6. The van der Waals surface area contributed by atoms with Gasteiger partial charge in [0.25, 0.3) is 0 Å². The van der Waals surface area contributed by atoms with Crippen LogP contribution < -0.4 is 5.19 Å². The monoisotopic (exact) mass is 535 g/mol. The lowest BCUT2D eigenvalue weighted by Crippen LogP contribution is -2.45. The van der Waals surface area contributed by atoms with Crippen LogP contribution in [0.5, 0.6) is 0 Å². The van der Waals surface area contributed by atoms with Gasteiger partial charge in [-0.15, -0.1) is 0 Å². The van der Waals surface area contributed by atoms with Gasteiger partial charge in [-0.05, 0) is 47.9 Å². The van der Waals surface area contributed by atoms with E-state index in [-0.39, 0.29) is 23.5 Å². The number of carbonyl (C=O) groups excluding carboxylic acids is 1. The third-order valence-electron chi connectivity index (χ3n) is 8.17. The van der Waals surface area contributed by atoms with Crippen LogP contribution in [0.1, 0.15) is 30.4 Å². The van der Waals surface area contributed by atoms with Gasteiger partial charge in [0.1, 0.15) is 13.9 Å². The number of benzene rings is 2. The average Bonchev–Trinajstić information content (AvgIpc) is 3.40. The van der Waals surface area contributed by atoms with E-state index in [2.05, 4.69) is 42.7 Å². The Labute approximate surface area is 219 Å². The number of carbonyl (C=O) groups is 1. The van der Waals surface area contributed by atoms with Crippen molar-refractivity contribution in [1.29, 1.82) is 0 Å². The van der Waals surface area contributed by atoms with Gasteiger partial charge >= 0.3 is 0 Å². The SMILES string of the molecule is Cc1ccc(S(=O)(=O)N2CCC([Si](C)(C)c3ccccc3)=C3C(C)C(=O)C(c4ccsc4)C3C2)cc1. The molecule has 5 rings (SSSR count). The molecule has 1 aliphatic heterocycles. The number of nitrogens with zero attached hydrogens (tertiary/aromatic N) is 1. The topological polar surface area (TPSA) is 54.5 Å². The first-order valence-corrected chi connectivity index (χ1v) is 17.9. The number of hydrogen-bond donors (Lipinski definition) is 0. The van der Waals surface area contributed by atoms with Crippen LogP contribution in [0.15, 0.2) is 87.1 Å². The molecule has 0 saturated heterocycles. The Hall–Kier alpha value is -2.32. The predicted molar refractivity (Wildman–Crippen MR) is 150 cm³/mol. The first-order valence-electron chi connectivity index (χ1n) is 12.5. The van der Waals surface area contributed by atoms with Crippen molar-refractivity contribution < 1.29 is 13.2 Å². The van der Waals surface area contributed by atoms with Gasteiger partial charge in [0, 0.05) is 24.9 Å². The van der Waals surface area contributed by atoms with E-state index < -0.39 is 18.1 Å². The van der Waals surface area contributed by atoms with E-state index in [9.17, 15) is 13.2 Å². The largest absolute Gasteiger partial charge is 0.298 e. The van der Waals surface area contributed by atoms with E-state index in [1.807, 2.05) is 43.5 Å². The van der Waals surface area contributed by atoms with Crippen LogP contribution in [0.4, 0.5) is 0 Å². The van der Waals surface area contributed by atoms with E-state index in [4.69, 9.17) is 0 Å². The molecule has 0 N–H and O–H groups in total. The number of rotatable bonds is 5. The molecule has 0 amide bonds. The Morgan fingerprint density at radius 1 is 1.00 bits per heavy atom. The predicted octanol–water partition coefficient (Wildman–Crippen LogP) is 5.52. The van der Waals surface area contributed by atoms with Gasteiger partial charge in [-0.1, -0.05) is 84.0 Å². The zero-order valence-electron chi connectivity index (χ0n) is 21.3. The fourth-order valence-electron chi connectivity index (χ4n) is 6.13. The number of sulfonamides is 1. The van der Waals surface area contributed by atoms with Gasteiger partial charge in [0.05, 0.1) is 10.8 Å². The van der Waals surface area contributed by atoms with Gasteiger partial charge in [-0.25, -0.2) is 8.42 Å². The van der Waals surface area contributed by atoms with Crippen molar-refractivity contribution in [2.24, 2.45) is 11.8 Å². The first-order chi connectivity index (χ1) is 17.1. The third-order valence-corrected chi connectivity index (χ3v) is 14.6. The molecule has 188 valence electrons. The minimum Gasteiger partial charge on any atom is -0.298 e. The van der Waals surface area contributed by atoms with Crippen LogP contribution in [0.25, 0.3) is 0 Å². The molecule has 3 aromatic rings. The Bertz CT molecular complexity index is 1390. The van der Waals surface area contributed by atoms with E-state index >= 15 is 0 Å². The summed E-state index contributed by atoms with van der Waals surface area (Å²) in [6.07, 6.45) is 0.666. The van der Waals surface area contributed by atoms with Crippen molar-refractivity contribution in [3.63, 3.8) is 0 Å². The lowest BCUT2D eigenvalue weighted by molar-refractivity contribution is -0.121. The molecule has 1 fully saturated rings. The van der Waals surface area contributed by atoms with Crippen molar-refractivity contribution in [3.8, 4) is 0 Å². The zero-order chi connectivity index (χ0) is 25.7. The van der Waals surface area contributed by atoms with E-state index in [1.165, 1.54) is 16.0 Å². The molecule has 3 unspecified atom stereocenters. The Morgan fingerprint density at radius 2 is 1.69 bits per heavy atom. The fraction of sp³-hybridized carbons (Fsp3) is 0.345. The molecule has 0 spiro atoms. The van der Waals surface area contributed by atoms with E-state index in [1.54, 1.807) is 27.8 Å². The molecule has 1 aromatic heterocycles. The minimum absolute atomic E-state index is 0.143. The van der Waals surface area contributed by atoms with Gasteiger partial charge in [0.2, 0.25) is 10.0 Å². The number of fused-ring (bicyclic) bond motifs is 1. The second-order valence-corrected chi connectivity index (χ2v) is 17.8. The summed E-state index contributed by atoms with van der Waals surface area (Å²) in [5.74, 6) is -0.424. The van der Waals surface area contributed by atoms with E-state index in [0.29, 0.717) is 24.4 Å². The van der Waals surface area contributed by atoms with Crippen molar-refractivity contribution in [3.05, 3.63) is 93.3 Å². The minimum atomic E-state index is -3.69. The standard InChI is InChI=1S/C29H33NO3S2Si/c1-20-10-12-23(13-11-20)35(32,33)30-16-14-26(36(3,4)24-8-6-5-7-9-24)27-21(2)29(31)28(25(27)18-30)22-15-17-34-19-22/h5-13,15,17,19,21,25,28H,14,16,18H2,1-4H3. The summed E-state index contributed by atoms with van der Waals surface area (Å²) in [6.45, 7) is 9.47. The normalized spacial score (nSPS) is 23.6. The molecule has 7 heteroatoms. The average molecular weight is 536 g/mol. The summed E-state index contributed by atoms with van der Waals surface area (Å²) in [5, 5.41) is 6.73. The summed E-state index contributed by atoms with van der Waals surface area (Å²) in [4.78, 5) is 14.1.